The van der Waals surface area contributed by atoms with E-state index >= 15 is 0 Å². The summed E-state index contributed by atoms with van der Waals surface area (Å²) in [6.45, 7) is 4.67. The molecule has 0 aliphatic carbocycles. The van der Waals surface area contributed by atoms with Crippen molar-refractivity contribution in [3.05, 3.63) is 59.2 Å². The van der Waals surface area contributed by atoms with Crippen molar-refractivity contribution in [2.75, 3.05) is 18.6 Å². The molecule has 2 rings (SSSR count). The first-order valence-electron chi connectivity index (χ1n) is 10.9. The van der Waals surface area contributed by atoms with Gasteiger partial charge in [0.05, 0.1) is 6.42 Å². The van der Waals surface area contributed by atoms with Gasteiger partial charge in [0, 0.05) is 12.1 Å². The van der Waals surface area contributed by atoms with Crippen molar-refractivity contribution in [1.82, 2.24) is 10.6 Å². The Labute approximate surface area is 212 Å². The van der Waals surface area contributed by atoms with Gasteiger partial charge in [-0.05, 0) is 66.2 Å². The van der Waals surface area contributed by atoms with Crippen LogP contribution in [0.3, 0.4) is 0 Å². The van der Waals surface area contributed by atoms with Crippen molar-refractivity contribution in [1.29, 1.82) is 0 Å². The fraction of sp³-hybridized carbons (Fsp3) is 0.400. The Kier molecular flexibility index (Phi) is 13.0. The Morgan fingerprint density at radius 2 is 1.82 bits per heavy atom. The second kappa shape index (κ2) is 14.8. The number of aryl methyl sites for hydroxylation is 1. The van der Waals surface area contributed by atoms with E-state index in [4.69, 9.17) is 0 Å². The molecule has 2 aromatic carbocycles. The molecule has 0 aromatic heterocycles. The number of carboxylic acids is 1. The third kappa shape index (κ3) is 8.92. The van der Waals surface area contributed by atoms with Gasteiger partial charge < -0.3 is 15.7 Å². The Hall–Kier alpha value is -2.20. The molecule has 2 amide bonds. The molecule has 0 aliphatic heterocycles. The molecule has 3 N–H and O–H groups in total. The van der Waals surface area contributed by atoms with Crippen molar-refractivity contribution < 1.29 is 38.4 Å². The summed E-state index contributed by atoms with van der Waals surface area (Å²) in [5.74, 6) is -0.913. The molecule has 6 nitrogen and oxygen atoms in total. The maximum Gasteiger partial charge on any atom is 1.00 e. The van der Waals surface area contributed by atoms with Gasteiger partial charge in [0.25, 0.3) is 5.91 Å². The van der Waals surface area contributed by atoms with Crippen LogP contribution in [0.15, 0.2) is 42.5 Å². The number of carboxylic acid groups (broad SMARTS) is 1. The SMILES string of the molecule is CCCCNC(=O)Cc1ccc(C(=O)NC(CCSC)C(=O)O)c(-c2ccccc2C)c1.[Li+]. The Morgan fingerprint density at radius 1 is 1.09 bits per heavy atom. The summed E-state index contributed by atoms with van der Waals surface area (Å²) in [6.07, 6.45) is 4.40. The number of thioether (sulfide) groups is 1. The minimum Gasteiger partial charge on any atom is -0.480 e. The predicted molar refractivity (Wildman–Crippen MR) is 130 cm³/mol. The van der Waals surface area contributed by atoms with Crippen molar-refractivity contribution >= 4 is 29.5 Å². The monoisotopic (exact) mass is 463 g/mol. The molecule has 1 atom stereocenters. The molecule has 33 heavy (non-hydrogen) atoms. The molecule has 0 saturated carbocycles. The Morgan fingerprint density at radius 3 is 2.45 bits per heavy atom. The molecule has 0 radical (unpaired) electrons. The topological polar surface area (TPSA) is 95.5 Å². The second-order valence-electron chi connectivity index (χ2n) is 7.72. The molecule has 172 valence electrons. The first-order chi connectivity index (χ1) is 15.4. The number of amides is 2. The fourth-order valence-electron chi connectivity index (χ4n) is 3.38. The summed E-state index contributed by atoms with van der Waals surface area (Å²) in [5.41, 5.74) is 3.74. The molecule has 0 aliphatic rings. The van der Waals surface area contributed by atoms with Gasteiger partial charge in [0.1, 0.15) is 6.04 Å². The van der Waals surface area contributed by atoms with Crippen molar-refractivity contribution in [2.45, 2.75) is 45.6 Å². The number of benzene rings is 2. The van der Waals surface area contributed by atoms with Gasteiger partial charge in [-0.1, -0.05) is 43.7 Å². The maximum absolute atomic E-state index is 13.1. The molecule has 0 heterocycles. The van der Waals surface area contributed by atoms with Crippen LogP contribution in [-0.4, -0.2) is 47.5 Å². The molecule has 8 heteroatoms. The normalized spacial score (nSPS) is 11.2. The average Bonchev–Trinajstić information content (AvgIpc) is 2.76. The van der Waals surface area contributed by atoms with Crippen LogP contribution in [0.1, 0.15) is 47.7 Å². The van der Waals surface area contributed by atoms with E-state index in [2.05, 4.69) is 17.6 Å². The molecular weight excluding hydrogens is 431 g/mol. The van der Waals surface area contributed by atoms with Crippen LogP contribution in [0.2, 0.25) is 0 Å². The van der Waals surface area contributed by atoms with Crippen LogP contribution >= 0.6 is 11.8 Å². The van der Waals surface area contributed by atoms with Crippen LogP contribution in [-0.2, 0) is 16.0 Å². The van der Waals surface area contributed by atoms with Crippen LogP contribution in [0.25, 0.3) is 11.1 Å². The van der Waals surface area contributed by atoms with E-state index in [0.717, 1.165) is 29.5 Å². The van der Waals surface area contributed by atoms with E-state index in [1.54, 1.807) is 12.1 Å². The van der Waals surface area contributed by atoms with Gasteiger partial charge in [-0.25, -0.2) is 4.79 Å². The number of rotatable bonds is 12. The van der Waals surface area contributed by atoms with E-state index in [0.29, 0.717) is 29.8 Å². The predicted octanol–water partition coefficient (Wildman–Crippen LogP) is 1.06. The van der Waals surface area contributed by atoms with E-state index in [1.807, 2.05) is 43.5 Å². The molecule has 2 aromatic rings. The number of hydrogen-bond donors (Lipinski definition) is 3. The number of nitrogens with one attached hydrogen (secondary N) is 2. The number of unbranched alkanes of at least 4 members (excludes halogenated alkanes) is 1. The quantitative estimate of drug-likeness (QED) is 0.323. The summed E-state index contributed by atoms with van der Waals surface area (Å²) in [7, 11) is 0. The minimum atomic E-state index is -1.05. The zero-order valence-corrected chi connectivity index (χ0v) is 20.8. The minimum absolute atomic E-state index is 0. The summed E-state index contributed by atoms with van der Waals surface area (Å²) < 4.78 is 0. The smallest absolute Gasteiger partial charge is 0.480 e. The van der Waals surface area contributed by atoms with Crippen LogP contribution in [0, 0.1) is 6.92 Å². The first kappa shape index (κ1) is 28.8. The molecular formula is C25H32LiN2O4S+. The van der Waals surface area contributed by atoms with Gasteiger partial charge in [-0.15, -0.1) is 0 Å². The van der Waals surface area contributed by atoms with Crippen molar-refractivity contribution in [3.8, 4) is 11.1 Å². The summed E-state index contributed by atoms with van der Waals surface area (Å²) in [6, 6.07) is 12.0. The van der Waals surface area contributed by atoms with E-state index in [9.17, 15) is 19.5 Å². The van der Waals surface area contributed by atoms with E-state index in [1.165, 1.54) is 11.8 Å². The van der Waals surface area contributed by atoms with E-state index in [-0.39, 0.29) is 31.2 Å². The molecule has 1 unspecified atom stereocenters. The van der Waals surface area contributed by atoms with E-state index < -0.39 is 17.9 Å². The number of carbonyl (C=O) groups is 3. The molecule has 0 spiro atoms. The summed E-state index contributed by atoms with van der Waals surface area (Å²) in [4.78, 5) is 37.0. The summed E-state index contributed by atoms with van der Waals surface area (Å²) in [5, 5.41) is 15.1. The Balaban J connectivity index is 0.00000544. The average molecular weight is 464 g/mol. The maximum atomic E-state index is 13.1. The zero-order chi connectivity index (χ0) is 23.5. The van der Waals surface area contributed by atoms with Crippen LogP contribution < -0.4 is 29.5 Å². The van der Waals surface area contributed by atoms with Crippen molar-refractivity contribution in [2.24, 2.45) is 0 Å². The summed E-state index contributed by atoms with van der Waals surface area (Å²) >= 11 is 1.53. The number of hydrogen-bond acceptors (Lipinski definition) is 4. The molecule has 0 bridgehead atoms. The third-order valence-electron chi connectivity index (χ3n) is 5.20. The number of carbonyl (C=O) groups excluding carboxylic acids is 2. The van der Waals surface area contributed by atoms with Crippen LogP contribution in [0.5, 0.6) is 0 Å². The van der Waals surface area contributed by atoms with Gasteiger partial charge >= 0.3 is 24.8 Å². The van der Waals surface area contributed by atoms with Crippen LogP contribution in [0.4, 0.5) is 0 Å². The fourth-order valence-corrected chi connectivity index (χ4v) is 3.85. The molecule has 0 fully saturated rings. The third-order valence-corrected chi connectivity index (χ3v) is 5.84. The van der Waals surface area contributed by atoms with Gasteiger partial charge in [-0.2, -0.15) is 11.8 Å². The van der Waals surface area contributed by atoms with Crippen molar-refractivity contribution in [3.63, 3.8) is 0 Å². The number of aliphatic carboxylic acids is 1. The Bertz CT molecular complexity index is 952. The largest absolute Gasteiger partial charge is 1.00 e. The van der Waals surface area contributed by atoms with Gasteiger partial charge in [0.15, 0.2) is 0 Å². The van der Waals surface area contributed by atoms with Gasteiger partial charge in [-0.3, -0.25) is 9.59 Å². The van der Waals surface area contributed by atoms with Gasteiger partial charge in [0.2, 0.25) is 5.91 Å². The second-order valence-corrected chi connectivity index (χ2v) is 8.71. The molecule has 0 saturated heterocycles. The standard InChI is InChI=1S/C25H32N2O4S.Li/c1-4-5-13-26-23(28)16-18-10-11-20(21(15-18)19-9-7-6-8-17(19)2)24(29)27-22(25(30)31)12-14-32-3;/h6-11,15,22H,4-5,12-14,16H2,1-3H3,(H,26,28)(H,27,29)(H,30,31);/q;+1. The zero-order valence-electron chi connectivity index (χ0n) is 19.9. The first-order valence-corrected chi connectivity index (χ1v) is 12.2.